The summed E-state index contributed by atoms with van der Waals surface area (Å²) in [5.74, 6) is -0.206. The van der Waals surface area contributed by atoms with E-state index in [0.717, 1.165) is 37.1 Å². The van der Waals surface area contributed by atoms with Gasteiger partial charge in [0.2, 0.25) is 0 Å². The monoisotopic (exact) mass is 287 g/mol. The van der Waals surface area contributed by atoms with E-state index in [0.29, 0.717) is 5.39 Å². The highest BCUT2D eigenvalue weighted by Crippen LogP contribution is 2.29. The number of hydrogen-bond acceptors (Lipinski definition) is 3. The van der Waals surface area contributed by atoms with Gasteiger partial charge in [0.15, 0.2) is 0 Å². The van der Waals surface area contributed by atoms with Gasteiger partial charge in [-0.1, -0.05) is 19.9 Å². The van der Waals surface area contributed by atoms with Crippen molar-refractivity contribution >= 4 is 10.9 Å². The van der Waals surface area contributed by atoms with Crippen LogP contribution in [0.3, 0.4) is 0 Å². The zero-order valence-corrected chi connectivity index (χ0v) is 12.6. The van der Waals surface area contributed by atoms with Gasteiger partial charge in [-0.25, -0.2) is 4.39 Å². The number of nitrogens with zero attached hydrogens (tertiary/aromatic N) is 2. The van der Waals surface area contributed by atoms with Gasteiger partial charge in [0.05, 0.1) is 5.52 Å². The highest BCUT2D eigenvalue weighted by Gasteiger charge is 2.33. The zero-order valence-electron chi connectivity index (χ0n) is 12.6. The summed E-state index contributed by atoms with van der Waals surface area (Å²) in [6.45, 7) is 7.16. The lowest BCUT2D eigenvalue weighted by Crippen LogP contribution is -2.52. The molecular weight excluding hydrogens is 265 g/mol. The number of likely N-dealkylation sites (tertiary alicyclic amines) is 1. The lowest BCUT2D eigenvalue weighted by Gasteiger charge is -2.42. The van der Waals surface area contributed by atoms with Crippen molar-refractivity contribution in [2.45, 2.75) is 32.9 Å². The Morgan fingerprint density at radius 3 is 2.95 bits per heavy atom. The molecule has 0 aliphatic carbocycles. The van der Waals surface area contributed by atoms with Gasteiger partial charge in [-0.05, 0) is 35.6 Å². The SMILES string of the molecule is CC1(C)CN(Cc2ccc(F)c3cccnc23)CCC1N. The first-order valence-corrected chi connectivity index (χ1v) is 7.47. The first kappa shape index (κ1) is 14.4. The van der Waals surface area contributed by atoms with E-state index in [-0.39, 0.29) is 17.3 Å². The lowest BCUT2D eigenvalue weighted by molar-refractivity contribution is 0.0901. The smallest absolute Gasteiger partial charge is 0.132 e. The lowest BCUT2D eigenvalue weighted by atomic mass is 9.79. The molecule has 1 aromatic carbocycles. The molecule has 21 heavy (non-hydrogen) atoms. The molecule has 0 bridgehead atoms. The van der Waals surface area contributed by atoms with Crippen molar-refractivity contribution in [1.29, 1.82) is 0 Å². The van der Waals surface area contributed by atoms with Crippen LogP contribution in [0.2, 0.25) is 0 Å². The molecule has 3 nitrogen and oxygen atoms in total. The summed E-state index contributed by atoms with van der Waals surface area (Å²) in [6.07, 6.45) is 2.72. The van der Waals surface area contributed by atoms with Crippen molar-refractivity contribution in [1.82, 2.24) is 9.88 Å². The quantitative estimate of drug-likeness (QED) is 0.923. The molecule has 2 aromatic rings. The van der Waals surface area contributed by atoms with Crippen LogP contribution in [0.5, 0.6) is 0 Å². The second-order valence-corrected chi connectivity index (χ2v) is 6.70. The fourth-order valence-electron chi connectivity index (χ4n) is 3.18. The average Bonchev–Trinajstić information content (AvgIpc) is 2.46. The minimum absolute atomic E-state index is 0.113. The minimum Gasteiger partial charge on any atom is -0.327 e. The maximum absolute atomic E-state index is 13.8. The second-order valence-electron chi connectivity index (χ2n) is 6.70. The molecule has 1 aromatic heterocycles. The summed E-state index contributed by atoms with van der Waals surface area (Å²) in [5, 5.41) is 0.600. The summed E-state index contributed by atoms with van der Waals surface area (Å²) in [4.78, 5) is 6.76. The van der Waals surface area contributed by atoms with Crippen LogP contribution in [-0.2, 0) is 6.54 Å². The van der Waals surface area contributed by atoms with Crippen LogP contribution in [0.1, 0.15) is 25.8 Å². The van der Waals surface area contributed by atoms with Crippen LogP contribution in [0.4, 0.5) is 4.39 Å². The van der Waals surface area contributed by atoms with E-state index in [1.165, 1.54) is 0 Å². The van der Waals surface area contributed by atoms with Crippen LogP contribution in [0.25, 0.3) is 10.9 Å². The van der Waals surface area contributed by atoms with E-state index in [1.807, 2.05) is 6.07 Å². The molecule has 1 aliphatic heterocycles. The third kappa shape index (κ3) is 2.78. The number of benzene rings is 1. The number of hydrogen-bond donors (Lipinski definition) is 1. The number of halogens is 1. The molecule has 0 radical (unpaired) electrons. The zero-order chi connectivity index (χ0) is 15.0. The molecule has 4 heteroatoms. The molecule has 112 valence electrons. The summed E-state index contributed by atoms with van der Waals surface area (Å²) in [7, 11) is 0. The Morgan fingerprint density at radius 1 is 1.38 bits per heavy atom. The van der Waals surface area contributed by atoms with E-state index >= 15 is 0 Å². The molecule has 1 atom stereocenters. The van der Waals surface area contributed by atoms with E-state index in [9.17, 15) is 4.39 Å². The summed E-state index contributed by atoms with van der Waals surface area (Å²) in [6, 6.07) is 7.21. The average molecular weight is 287 g/mol. The molecule has 0 saturated carbocycles. The number of fused-ring (bicyclic) bond motifs is 1. The molecule has 2 heterocycles. The topological polar surface area (TPSA) is 42.2 Å². The normalized spacial score (nSPS) is 22.6. The van der Waals surface area contributed by atoms with Gasteiger partial charge in [0, 0.05) is 37.3 Å². The van der Waals surface area contributed by atoms with Crippen molar-refractivity contribution in [3.8, 4) is 0 Å². The summed E-state index contributed by atoms with van der Waals surface area (Å²) >= 11 is 0. The molecule has 1 saturated heterocycles. The Bertz CT molecular complexity index is 654. The maximum atomic E-state index is 13.8. The Balaban J connectivity index is 1.88. The first-order valence-electron chi connectivity index (χ1n) is 7.47. The number of rotatable bonds is 2. The van der Waals surface area contributed by atoms with E-state index in [2.05, 4.69) is 23.7 Å². The van der Waals surface area contributed by atoms with Crippen LogP contribution in [0.15, 0.2) is 30.5 Å². The van der Waals surface area contributed by atoms with Crippen molar-refractivity contribution in [3.63, 3.8) is 0 Å². The molecule has 3 rings (SSSR count). The van der Waals surface area contributed by atoms with Crippen molar-refractivity contribution in [3.05, 3.63) is 41.8 Å². The number of nitrogens with two attached hydrogens (primary N) is 1. The maximum Gasteiger partial charge on any atom is 0.132 e. The Morgan fingerprint density at radius 2 is 2.19 bits per heavy atom. The van der Waals surface area contributed by atoms with Crippen LogP contribution in [-0.4, -0.2) is 29.0 Å². The van der Waals surface area contributed by atoms with E-state index in [4.69, 9.17) is 5.73 Å². The Labute approximate surface area is 125 Å². The van der Waals surface area contributed by atoms with Crippen molar-refractivity contribution in [2.24, 2.45) is 11.1 Å². The Hall–Kier alpha value is -1.52. The minimum atomic E-state index is -0.206. The summed E-state index contributed by atoms with van der Waals surface area (Å²) < 4.78 is 13.8. The molecule has 1 unspecified atom stereocenters. The molecule has 0 amide bonds. The predicted molar refractivity (Wildman–Crippen MR) is 83.4 cm³/mol. The highest BCUT2D eigenvalue weighted by molar-refractivity contribution is 5.82. The second kappa shape index (κ2) is 5.35. The predicted octanol–water partition coefficient (Wildman–Crippen LogP) is 2.93. The van der Waals surface area contributed by atoms with Crippen LogP contribution >= 0.6 is 0 Å². The van der Waals surface area contributed by atoms with E-state index in [1.54, 1.807) is 24.4 Å². The van der Waals surface area contributed by atoms with Gasteiger partial charge in [0.25, 0.3) is 0 Å². The van der Waals surface area contributed by atoms with Gasteiger partial charge in [0.1, 0.15) is 5.82 Å². The van der Waals surface area contributed by atoms with E-state index < -0.39 is 0 Å². The molecule has 2 N–H and O–H groups in total. The fraction of sp³-hybridized carbons (Fsp3) is 0.471. The third-order valence-electron chi connectivity index (χ3n) is 4.59. The highest BCUT2D eigenvalue weighted by atomic mass is 19.1. The fourth-order valence-corrected chi connectivity index (χ4v) is 3.18. The molecule has 0 spiro atoms. The third-order valence-corrected chi connectivity index (χ3v) is 4.59. The number of aromatic nitrogens is 1. The van der Waals surface area contributed by atoms with Gasteiger partial charge < -0.3 is 5.73 Å². The van der Waals surface area contributed by atoms with Crippen LogP contribution in [0, 0.1) is 11.2 Å². The molecule has 1 fully saturated rings. The first-order chi connectivity index (χ1) is 9.97. The van der Waals surface area contributed by atoms with Crippen molar-refractivity contribution in [2.75, 3.05) is 13.1 Å². The number of pyridine rings is 1. The van der Waals surface area contributed by atoms with Gasteiger partial charge in [-0.3, -0.25) is 9.88 Å². The molecular formula is C17H22FN3. The Kier molecular flexibility index (Phi) is 3.68. The van der Waals surface area contributed by atoms with Crippen molar-refractivity contribution < 1.29 is 4.39 Å². The molecule has 1 aliphatic rings. The van der Waals surface area contributed by atoms with Crippen LogP contribution < -0.4 is 5.73 Å². The standard InChI is InChI=1S/C17H22FN3/c1-17(2)11-21(9-7-15(17)19)10-12-5-6-14(18)13-4-3-8-20-16(12)13/h3-6,8,15H,7,9-11,19H2,1-2H3. The van der Waals surface area contributed by atoms with Gasteiger partial charge in [-0.15, -0.1) is 0 Å². The number of piperidine rings is 1. The summed E-state index contributed by atoms with van der Waals surface area (Å²) in [5.41, 5.74) is 8.15. The van der Waals surface area contributed by atoms with Gasteiger partial charge in [-0.2, -0.15) is 0 Å². The van der Waals surface area contributed by atoms with Gasteiger partial charge >= 0.3 is 0 Å². The largest absolute Gasteiger partial charge is 0.327 e.